The summed E-state index contributed by atoms with van der Waals surface area (Å²) in [6.45, 7) is 0. The van der Waals surface area contributed by atoms with Gasteiger partial charge in [-0.2, -0.15) is 9.90 Å². The summed E-state index contributed by atoms with van der Waals surface area (Å²) in [5.41, 5.74) is 1.54. The third kappa shape index (κ3) is 2.99. The highest BCUT2D eigenvalue weighted by Gasteiger charge is 2.31. The van der Waals surface area contributed by atoms with Crippen molar-refractivity contribution in [1.82, 2.24) is 20.3 Å². The van der Waals surface area contributed by atoms with Gasteiger partial charge in [0.1, 0.15) is 0 Å². The number of sulfone groups is 1. The zero-order chi connectivity index (χ0) is 18.1. The van der Waals surface area contributed by atoms with Crippen LogP contribution >= 0.6 is 0 Å². The number of amides is 1. The van der Waals surface area contributed by atoms with Crippen molar-refractivity contribution in [2.75, 3.05) is 5.75 Å². The molecule has 1 aliphatic heterocycles. The molecule has 132 valence electrons. The summed E-state index contributed by atoms with van der Waals surface area (Å²) in [4.78, 5) is 14.2. The summed E-state index contributed by atoms with van der Waals surface area (Å²) in [6.07, 6.45) is 1.73. The molecule has 0 saturated carbocycles. The zero-order valence-corrected chi connectivity index (χ0v) is 14.6. The number of hydrogen-bond acceptors (Lipinski definition) is 5. The van der Waals surface area contributed by atoms with Crippen molar-refractivity contribution in [3.05, 3.63) is 72.1 Å². The number of carbonyl (C=O) groups is 1. The molecule has 2 heterocycles. The highest BCUT2D eigenvalue weighted by atomic mass is 32.2. The fraction of sp³-hybridized carbons (Fsp3) is 0.167. The lowest BCUT2D eigenvalue weighted by Crippen LogP contribution is -2.34. The van der Waals surface area contributed by atoms with Gasteiger partial charge >= 0.3 is 0 Å². The molecule has 26 heavy (non-hydrogen) atoms. The number of hydrogen-bond donors (Lipinski definition) is 1. The molecule has 1 aromatic heterocycles. The molecule has 0 radical (unpaired) electrons. The molecular weight excluding hydrogens is 352 g/mol. The number of nitrogens with zero attached hydrogens (tertiary/aromatic N) is 3. The van der Waals surface area contributed by atoms with Crippen LogP contribution in [0.25, 0.3) is 5.69 Å². The maximum absolute atomic E-state index is 12.6. The van der Waals surface area contributed by atoms with Gasteiger partial charge in [0.15, 0.2) is 15.5 Å². The molecule has 1 aliphatic rings. The first-order valence-electron chi connectivity index (χ1n) is 8.15. The van der Waals surface area contributed by atoms with Crippen LogP contribution in [-0.4, -0.2) is 35.1 Å². The van der Waals surface area contributed by atoms with Gasteiger partial charge in [-0.25, -0.2) is 8.42 Å². The number of aromatic nitrogens is 3. The molecule has 1 amide bonds. The first-order chi connectivity index (χ1) is 12.5. The zero-order valence-electron chi connectivity index (χ0n) is 13.7. The van der Waals surface area contributed by atoms with Gasteiger partial charge in [-0.15, -0.1) is 5.10 Å². The Hall–Kier alpha value is -3.00. The van der Waals surface area contributed by atoms with Gasteiger partial charge in [-0.05, 0) is 30.2 Å². The van der Waals surface area contributed by atoms with E-state index in [2.05, 4.69) is 15.5 Å². The normalized spacial score (nSPS) is 18.1. The second-order valence-corrected chi connectivity index (χ2v) is 8.10. The molecule has 3 aromatic rings. The van der Waals surface area contributed by atoms with Crippen molar-refractivity contribution in [1.29, 1.82) is 0 Å². The number of para-hydroxylation sites is 1. The van der Waals surface area contributed by atoms with Gasteiger partial charge in [0.2, 0.25) is 0 Å². The molecule has 1 unspecified atom stereocenters. The minimum atomic E-state index is -3.29. The number of fused-ring (bicyclic) bond motifs is 1. The molecule has 7 nitrogen and oxygen atoms in total. The van der Waals surface area contributed by atoms with Crippen LogP contribution in [0.1, 0.15) is 28.5 Å². The third-order valence-electron chi connectivity index (χ3n) is 4.32. The Morgan fingerprint density at radius 1 is 1.08 bits per heavy atom. The molecular formula is C18H16N4O3S. The topological polar surface area (TPSA) is 94.0 Å². The standard InChI is InChI=1S/C18H16N4O3S/c23-18(16-12-19-22(21-16)13-6-2-1-3-7-13)20-15-10-11-26(24,25)17-9-5-4-8-14(15)17/h1-9,12,15H,10-11H2,(H,20,23). The maximum Gasteiger partial charge on any atom is 0.273 e. The Bertz CT molecular complexity index is 1060. The summed E-state index contributed by atoms with van der Waals surface area (Å²) >= 11 is 0. The Balaban J connectivity index is 1.57. The van der Waals surface area contributed by atoms with Crippen LogP contribution in [0.5, 0.6) is 0 Å². The van der Waals surface area contributed by atoms with Crippen LogP contribution in [-0.2, 0) is 9.84 Å². The van der Waals surface area contributed by atoms with E-state index in [0.29, 0.717) is 12.0 Å². The quantitative estimate of drug-likeness (QED) is 0.762. The molecule has 4 rings (SSSR count). The Kier molecular flexibility index (Phi) is 4.04. The first-order valence-corrected chi connectivity index (χ1v) is 9.80. The molecule has 1 atom stereocenters. The number of carbonyl (C=O) groups excluding carboxylic acids is 1. The predicted molar refractivity (Wildman–Crippen MR) is 94.7 cm³/mol. The Morgan fingerprint density at radius 2 is 1.81 bits per heavy atom. The van der Waals surface area contributed by atoms with Crippen LogP contribution in [0.3, 0.4) is 0 Å². The Morgan fingerprint density at radius 3 is 2.62 bits per heavy atom. The molecule has 0 aliphatic carbocycles. The molecule has 0 saturated heterocycles. The largest absolute Gasteiger partial charge is 0.344 e. The molecule has 8 heteroatoms. The van der Waals surface area contributed by atoms with Crippen LogP contribution < -0.4 is 5.32 Å². The SMILES string of the molecule is O=C(NC1CCS(=O)(=O)c2ccccc21)c1cnn(-c2ccccc2)n1. The minimum absolute atomic E-state index is 0.00562. The first kappa shape index (κ1) is 16.5. The molecule has 2 aromatic carbocycles. The average Bonchev–Trinajstić information content (AvgIpc) is 3.15. The van der Waals surface area contributed by atoms with Gasteiger partial charge in [-0.3, -0.25) is 4.79 Å². The lowest BCUT2D eigenvalue weighted by atomic mass is 10.0. The van der Waals surface area contributed by atoms with E-state index in [9.17, 15) is 13.2 Å². The number of benzene rings is 2. The fourth-order valence-electron chi connectivity index (χ4n) is 3.03. The molecule has 1 N–H and O–H groups in total. The van der Waals surface area contributed by atoms with E-state index in [-0.39, 0.29) is 28.3 Å². The van der Waals surface area contributed by atoms with Crippen LogP contribution in [0.2, 0.25) is 0 Å². The average molecular weight is 368 g/mol. The Labute approximate surface area is 150 Å². The lowest BCUT2D eigenvalue weighted by Gasteiger charge is -2.25. The lowest BCUT2D eigenvalue weighted by molar-refractivity contribution is 0.0929. The van der Waals surface area contributed by atoms with Gasteiger partial charge in [0.05, 0.1) is 28.6 Å². The van der Waals surface area contributed by atoms with E-state index < -0.39 is 9.84 Å². The van der Waals surface area contributed by atoms with Crippen molar-refractivity contribution in [2.45, 2.75) is 17.4 Å². The smallest absolute Gasteiger partial charge is 0.273 e. The fourth-order valence-corrected chi connectivity index (χ4v) is 4.65. The second-order valence-electron chi connectivity index (χ2n) is 6.03. The van der Waals surface area contributed by atoms with E-state index >= 15 is 0 Å². The molecule has 0 bridgehead atoms. The monoisotopic (exact) mass is 368 g/mol. The van der Waals surface area contributed by atoms with Crippen LogP contribution in [0, 0.1) is 0 Å². The summed E-state index contributed by atoms with van der Waals surface area (Å²) in [7, 11) is -3.29. The second kappa shape index (κ2) is 6.38. The van der Waals surface area contributed by atoms with Crippen molar-refractivity contribution in [2.24, 2.45) is 0 Å². The van der Waals surface area contributed by atoms with Gasteiger partial charge in [0, 0.05) is 0 Å². The van der Waals surface area contributed by atoms with E-state index in [0.717, 1.165) is 5.69 Å². The van der Waals surface area contributed by atoms with Gasteiger partial charge < -0.3 is 5.32 Å². The number of rotatable bonds is 3. The van der Waals surface area contributed by atoms with Crippen molar-refractivity contribution in [3.8, 4) is 5.69 Å². The third-order valence-corrected chi connectivity index (χ3v) is 6.14. The molecule has 0 fully saturated rings. The van der Waals surface area contributed by atoms with Crippen LogP contribution in [0.15, 0.2) is 65.7 Å². The van der Waals surface area contributed by atoms with E-state index in [4.69, 9.17) is 0 Å². The summed E-state index contributed by atoms with van der Waals surface area (Å²) in [6, 6.07) is 15.7. The van der Waals surface area contributed by atoms with Crippen molar-refractivity contribution in [3.63, 3.8) is 0 Å². The van der Waals surface area contributed by atoms with E-state index in [1.807, 2.05) is 30.3 Å². The summed E-state index contributed by atoms with van der Waals surface area (Å²) < 4.78 is 24.4. The highest BCUT2D eigenvalue weighted by molar-refractivity contribution is 7.91. The maximum atomic E-state index is 12.6. The van der Waals surface area contributed by atoms with E-state index in [1.165, 1.54) is 11.0 Å². The highest BCUT2D eigenvalue weighted by Crippen LogP contribution is 2.31. The molecule has 0 spiro atoms. The van der Waals surface area contributed by atoms with E-state index in [1.54, 1.807) is 24.3 Å². The van der Waals surface area contributed by atoms with Gasteiger partial charge in [0.25, 0.3) is 5.91 Å². The van der Waals surface area contributed by atoms with Gasteiger partial charge in [-0.1, -0.05) is 36.4 Å². The predicted octanol–water partition coefficient (Wildman–Crippen LogP) is 1.92. The van der Waals surface area contributed by atoms with Crippen molar-refractivity contribution < 1.29 is 13.2 Å². The summed E-state index contributed by atoms with van der Waals surface area (Å²) in [5, 5.41) is 11.2. The van der Waals surface area contributed by atoms with Crippen LogP contribution in [0.4, 0.5) is 0 Å². The number of nitrogens with one attached hydrogen (secondary N) is 1. The summed E-state index contributed by atoms with van der Waals surface area (Å²) in [5.74, 6) is -0.377. The van der Waals surface area contributed by atoms with Crippen molar-refractivity contribution >= 4 is 15.7 Å². The minimum Gasteiger partial charge on any atom is -0.344 e.